The summed E-state index contributed by atoms with van der Waals surface area (Å²) in [5.74, 6) is 0.887. The molecule has 1 N–H and O–H groups in total. The number of hydrogen-bond acceptors (Lipinski definition) is 4. The molecule has 1 aromatic rings. The van der Waals surface area contributed by atoms with Crippen LogP contribution in [-0.2, 0) is 4.79 Å². The second-order valence-electron chi connectivity index (χ2n) is 2.97. The number of phenols is 1. The zero-order valence-corrected chi connectivity index (χ0v) is 8.20. The van der Waals surface area contributed by atoms with E-state index >= 15 is 0 Å². The van der Waals surface area contributed by atoms with Crippen molar-refractivity contribution in [3.8, 4) is 5.75 Å². The number of aldehydes is 1. The number of nitrogens with zero attached hydrogens (tertiary/aromatic N) is 1. The molecule has 0 spiro atoms. The lowest BCUT2D eigenvalue weighted by atomic mass is 10.2. The summed E-state index contributed by atoms with van der Waals surface area (Å²) in [6.45, 7) is 0. The zero-order chi connectivity index (χ0) is 9.97. The lowest BCUT2D eigenvalue weighted by Crippen LogP contribution is -2.03. The minimum absolute atomic E-state index is 0. The number of phenolic OH excluding ortho intramolecular Hbond substituents is 1. The van der Waals surface area contributed by atoms with Gasteiger partial charge in [-0.25, -0.2) is 0 Å². The molecule has 0 saturated heterocycles. The first-order valence-corrected chi connectivity index (χ1v) is 5.24. The van der Waals surface area contributed by atoms with Crippen molar-refractivity contribution in [2.45, 2.75) is 13.5 Å². The van der Waals surface area contributed by atoms with Gasteiger partial charge in [0.2, 0.25) is 0 Å². The van der Waals surface area contributed by atoms with Crippen LogP contribution in [0.3, 0.4) is 0 Å². The Balaban J connectivity index is 0.00000112. The van der Waals surface area contributed by atoms with Crippen LogP contribution in [0.4, 0.5) is 0 Å². The molecule has 1 atom stereocenters. The van der Waals surface area contributed by atoms with E-state index in [4.69, 9.17) is 0 Å². The molecule has 1 aliphatic rings. The van der Waals surface area contributed by atoms with Gasteiger partial charge in [-0.05, 0) is 12.1 Å². The third-order valence-electron chi connectivity index (χ3n) is 1.97. The predicted octanol–water partition coefficient (Wildman–Crippen LogP) is 2.09. The fraction of sp³-hybridized carbons (Fsp3) is 0.273. The smallest absolute Gasteiger partial charge is 0.145 e. The van der Waals surface area contributed by atoms with Gasteiger partial charge in [-0.15, -0.1) is 11.8 Å². The highest BCUT2D eigenvalue weighted by Gasteiger charge is 2.20. The molecule has 3 nitrogen and oxygen atoms in total. The van der Waals surface area contributed by atoms with Crippen molar-refractivity contribution < 1.29 is 9.90 Å². The van der Waals surface area contributed by atoms with Crippen molar-refractivity contribution >= 4 is 23.1 Å². The number of aromatic hydroxyl groups is 1. The van der Waals surface area contributed by atoms with E-state index in [9.17, 15) is 9.90 Å². The summed E-state index contributed by atoms with van der Waals surface area (Å²) in [6, 6.07) is 6.76. The van der Waals surface area contributed by atoms with E-state index in [-0.39, 0.29) is 19.2 Å². The molecule has 0 aromatic heterocycles. The zero-order valence-electron chi connectivity index (χ0n) is 7.38. The molecule has 2 rings (SSSR count). The lowest BCUT2D eigenvalue weighted by molar-refractivity contribution is -0.108. The van der Waals surface area contributed by atoms with Gasteiger partial charge in [-0.2, -0.15) is 0 Å². The molecule has 0 aliphatic carbocycles. The quantitative estimate of drug-likeness (QED) is 0.781. The van der Waals surface area contributed by atoms with Crippen LogP contribution in [0.5, 0.6) is 5.75 Å². The Morgan fingerprint density at radius 1 is 1.47 bits per heavy atom. The maximum atomic E-state index is 10.5. The first kappa shape index (κ1) is 11.8. The van der Waals surface area contributed by atoms with Crippen molar-refractivity contribution in [3.05, 3.63) is 29.8 Å². The van der Waals surface area contributed by atoms with E-state index in [2.05, 4.69) is 4.99 Å². The lowest BCUT2D eigenvalue weighted by Gasteiger charge is -2.01. The Hall–Kier alpha value is -1.29. The Morgan fingerprint density at radius 2 is 2.20 bits per heavy atom. The highest BCUT2D eigenvalue weighted by molar-refractivity contribution is 8.14. The third kappa shape index (κ3) is 2.39. The first-order valence-electron chi connectivity index (χ1n) is 4.25. The van der Waals surface area contributed by atoms with Gasteiger partial charge in [0.25, 0.3) is 0 Å². The second-order valence-corrected chi connectivity index (χ2v) is 3.97. The van der Waals surface area contributed by atoms with E-state index in [1.165, 1.54) is 11.8 Å². The van der Waals surface area contributed by atoms with Gasteiger partial charge in [0.15, 0.2) is 0 Å². The van der Waals surface area contributed by atoms with Crippen molar-refractivity contribution in [1.29, 1.82) is 0 Å². The monoisotopic (exact) mass is 223 g/mol. The number of carbonyl (C=O) groups is 1. The van der Waals surface area contributed by atoms with Crippen LogP contribution in [0.2, 0.25) is 0 Å². The molecule has 80 valence electrons. The normalized spacial score (nSPS) is 19.2. The van der Waals surface area contributed by atoms with E-state index in [0.717, 1.165) is 11.3 Å². The minimum atomic E-state index is -0.255. The molecule has 0 amide bonds. The number of para-hydroxylation sites is 1. The SMILES string of the molecule is C.O=CC1CSC(c2ccccc2O)=N1. The summed E-state index contributed by atoms with van der Waals surface area (Å²) in [5, 5.41) is 10.3. The maximum Gasteiger partial charge on any atom is 0.145 e. The summed E-state index contributed by atoms with van der Waals surface area (Å²) in [7, 11) is 0. The summed E-state index contributed by atoms with van der Waals surface area (Å²) in [5.41, 5.74) is 0.710. The molecule has 4 heteroatoms. The largest absolute Gasteiger partial charge is 0.507 e. The van der Waals surface area contributed by atoms with E-state index in [1.54, 1.807) is 18.2 Å². The molecule has 0 saturated carbocycles. The molecule has 15 heavy (non-hydrogen) atoms. The van der Waals surface area contributed by atoms with E-state index in [0.29, 0.717) is 11.3 Å². The van der Waals surface area contributed by atoms with E-state index in [1.807, 2.05) is 6.07 Å². The van der Waals surface area contributed by atoms with Crippen molar-refractivity contribution in [2.75, 3.05) is 5.75 Å². The van der Waals surface area contributed by atoms with Crippen molar-refractivity contribution in [1.82, 2.24) is 0 Å². The molecule has 1 aliphatic heterocycles. The number of aliphatic imine (C=N–C) groups is 1. The van der Waals surface area contributed by atoms with Crippen LogP contribution in [0.15, 0.2) is 29.3 Å². The molecular formula is C11H13NO2S. The van der Waals surface area contributed by atoms with Crippen LogP contribution < -0.4 is 0 Å². The van der Waals surface area contributed by atoms with Crippen LogP contribution in [0.25, 0.3) is 0 Å². The fourth-order valence-corrected chi connectivity index (χ4v) is 2.28. The molecule has 0 radical (unpaired) electrons. The molecular weight excluding hydrogens is 210 g/mol. The number of benzene rings is 1. The van der Waals surface area contributed by atoms with Gasteiger partial charge in [0.1, 0.15) is 23.1 Å². The summed E-state index contributed by atoms with van der Waals surface area (Å²) in [6.07, 6.45) is 0.833. The number of thioether (sulfide) groups is 1. The Bertz CT molecular complexity index is 390. The average Bonchev–Trinajstić information content (AvgIpc) is 2.67. The van der Waals surface area contributed by atoms with Crippen LogP contribution in [0, 0.1) is 0 Å². The molecule has 1 heterocycles. The predicted molar refractivity (Wildman–Crippen MR) is 63.7 cm³/mol. The van der Waals surface area contributed by atoms with Crippen molar-refractivity contribution in [2.24, 2.45) is 4.99 Å². The van der Waals surface area contributed by atoms with Crippen LogP contribution in [0.1, 0.15) is 13.0 Å². The Morgan fingerprint density at radius 3 is 2.80 bits per heavy atom. The molecule has 1 aromatic carbocycles. The summed E-state index contributed by atoms with van der Waals surface area (Å²) in [4.78, 5) is 14.7. The summed E-state index contributed by atoms with van der Waals surface area (Å²) >= 11 is 1.50. The minimum Gasteiger partial charge on any atom is -0.507 e. The molecule has 1 unspecified atom stereocenters. The molecule has 0 fully saturated rings. The topological polar surface area (TPSA) is 49.7 Å². The van der Waals surface area contributed by atoms with Gasteiger partial charge in [0.05, 0.1) is 0 Å². The average molecular weight is 223 g/mol. The van der Waals surface area contributed by atoms with Gasteiger partial charge < -0.3 is 9.90 Å². The highest BCUT2D eigenvalue weighted by Crippen LogP contribution is 2.27. The van der Waals surface area contributed by atoms with E-state index < -0.39 is 0 Å². The Labute approximate surface area is 93.2 Å². The van der Waals surface area contributed by atoms with Gasteiger partial charge in [0, 0.05) is 11.3 Å². The van der Waals surface area contributed by atoms with Gasteiger partial charge in [-0.1, -0.05) is 19.6 Å². The second kappa shape index (κ2) is 4.98. The highest BCUT2D eigenvalue weighted by atomic mass is 32.2. The van der Waals surface area contributed by atoms with Crippen LogP contribution in [-0.4, -0.2) is 28.2 Å². The molecule has 0 bridgehead atoms. The van der Waals surface area contributed by atoms with Crippen LogP contribution >= 0.6 is 11.8 Å². The summed E-state index contributed by atoms with van der Waals surface area (Å²) < 4.78 is 0. The fourth-order valence-electron chi connectivity index (χ4n) is 1.26. The van der Waals surface area contributed by atoms with Gasteiger partial charge >= 0.3 is 0 Å². The van der Waals surface area contributed by atoms with Crippen molar-refractivity contribution in [3.63, 3.8) is 0 Å². The third-order valence-corrected chi connectivity index (χ3v) is 3.07. The number of rotatable bonds is 2. The van der Waals surface area contributed by atoms with Gasteiger partial charge in [-0.3, -0.25) is 4.99 Å². The first-order chi connectivity index (χ1) is 6.81. The maximum absolute atomic E-state index is 10.5. The number of hydrogen-bond donors (Lipinski definition) is 1. The Kier molecular flexibility index (Phi) is 3.91. The number of carbonyl (C=O) groups excluding carboxylic acids is 1. The standard InChI is InChI=1S/C10H9NO2S.CH4/c12-5-7-6-14-10(11-7)8-3-1-2-4-9(8)13;/h1-5,7,13H,6H2;1H4.